The van der Waals surface area contributed by atoms with Gasteiger partial charge in [0.15, 0.2) is 0 Å². The van der Waals surface area contributed by atoms with Gasteiger partial charge in [-0.3, -0.25) is 0 Å². The van der Waals surface area contributed by atoms with E-state index in [9.17, 15) is 0 Å². The highest BCUT2D eigenvalue weighted by molar-refractivity contribution is 7.21. The number of nitrogens with zero attached hydrogens (tertiary/aromatic N) is 5. The number of hydrogen-bond acceptors (Lipinski definition) is 5. The van der Waals surface area contributed by atoms with Crippen LogP contribution in [0.4, 0.5) is 5.13 Å². The van der Waals surface area contributed by atoms with E-state index in [2.05, 4.69) is 20.3 Å². The fourth-order valence-electron chi connectivity index (χ4n) is 2.56. The number of thiazole rings is 1. The lowest BCUT2D eigenvalue weighted by molar-refractivity contribution is 0.863. The first kappa shape index (κ1) is 17.1. The Labute approximate surface area is 163 Å². The first-order chi connectivity index (χ1) is 12.6. The van der Waals surface area contributed by atoms with E-state index in [-0.39, 0.29) is 0 Å². The summed E-state index contributed by atoms with van der Waals surface area (Å²) in [6, 6.07) is 15.3. The first-order valence-electron chi connectivity index (χ1n) is 7.85. The summed E-state index contributed by atoms with van der Waals surface area (Å²) < 4.78 is 2.71. The lowest BCUT2D eigenvalue weighted by Crippen LogP contribution is -1.97. The number of fused-ring (bicyclic) bond motifs is 1. The number of benzene rings is 2. The maximum absolute atomic E-state index is 6.51. The lowest BCUT2D eigenvalue weighted by Gasteiger charge is -2.05. The van der Waals surface area contributed by atoms with E-state index in [1.807, 2.05) is 49.4 Å². The predicted octanol–water partition coefficient (Wildman–Crippen LogP) is 6.38. The van der Waals surface area contributed by atoms with Crippen molar-refractivity contribution in [1.82, 2.24) is 14.8 Å². The van der Waals surface area contributed by atoms with Gasteiger partial charge in [-0.25, -0.2) is 9.67 Å². The highest BCUT2D eigenvalue weighted by Gasteiger charge is 2.16. The van der Waals surface area contributed by atoms with Gasteiger partial charge in [0.1, 0.15) is 5.15 Å². The zero-order chi connectivity index (χ0) is 18.1. The second-order valence-corrected chi connectivity index (χ2v) is 7.36. The Morgan fingerprint density at radius 3 is 2.65 bits per heavy atom. The molecular formula is C18H13Cl2N5S. The van der Waals surface area contributed by atoms with E-state index in [1.54, 1.807) is 10.7 Å². The molecule has 5 nitrogen and oxygen atoms in total. The summed E-state index contributed by atoms with van der Waals surface area (Å²) >= 11 is 14.3. The molecule has 130 valence electrons. The fourth-order valence-corrected chi connectivity index (χ4v) is 3.91. The minimum absolute atomic E-state index is 0.324. The molecule has 0 N–H and O–H groups in total. The molecule has 0 saturated carbocycles. The van der Waals surface area contributed by atoms with Crippen molar-refractivity contribution < 1.29 is 0 Å². The summed E-state index contributed by atoms with van der Waals surface area (Å²) in [5.74, 6) is 0. The molecule has 4 aromatic rings. The van der Waals surface area contributed by atoms with Crippen molar-refractivity contribution in [1.29, 1.82) is 0 Å². The summed E-state index contributed by atoms with van der Waals surface area (Å²) in [7, 11) is 0. The average molecular weight is 402 g/mol. The molecule has 0 saturated heterocycles. The molecule has 8 heteroatoms. The van der Waals surface area contributed by atoms with Crippen molar-refractivity contribution in [2.75, 3.05) is 0 Å². The van der Waals surface area contributed by atoms with Crippen LogP contribution in [0.3, 0.4) is 0 Å². The molecule has 2 aromatic heterocycles. The van der Waals surface area contributed by atoms with E-state index >= 15 is 0 Å². The minimum Gasteiger partial charge on any atom is -0.220 e. The van der Waals surface area contributed by atoms with E-state index in [0.717, 1.165) is 27.2 Å². The van der Waals surface area contributed by atoms with Gasteiger partial charge < -0.3 is 0 Å². The molecule has 0 aliphatic carbocycles. The van der Waals surface area contributed by atoms with Crippen LogP contribution in [0, 0.1) is 6.92 Å². The molecular weight excluding hydrogens is 389 g/mol. The van der Waals surface area contributed by atoms with Gasteiger partial charge >= 0.3 is 0 Å². The van der Waals surface area contributed by atoms with Crippen LogP contribution in [-0.2, 0) is 6.54 Å². The first-order valence-corrected chi connectivity index (χ1v) is 9.42. The summed E-state index contributed by atoms with van der Waals surface area (Å²) in [6.45, 7) is 2.22. The Balaban J connectivity index is 1.60. The Morgan fingerprint density at radius 2 is 1.85 bits per heavy atom. The van der Waals surface area contributed by atoms with Crippen LogP contribution >= 0.6 is 34.5 Å². The molecule has 0 radical (unpaired) electrons. The zero-order valence-electron chi connectivity index (χ0n) is 13.7. The van der Waals surface area contributed by atoms with Gasteiger partial charge in [-0.05, 0) is 31.2 Å². The molecule has 0 unspecified atom stereocenters. The maximum Gasteiger partial charge on any atom is 0.230 e. The van der Waals surface area contributed by atoms with Crippen molar-refractivity contribution in [2.45, 2.75) is 13.5 Å². The molecule has 26 heavy (non-hydrogen) atoms. The van der Waals surface area contributed by atoms with Gasteiger partial charge in [0.05, 0.1) is 33.2 Å². The molecule has 0 bridgehead atoms. The lowest BCUT2D eigenvalue weighted by atomic mass is 10.2. The summed E-state index contributed by atoms with van der Waals surface area (Å²) in [5, 5.41) is 14.7. The van der Waals surface area contributed by atoms with E-state index in [4.69, 9.17) is 23.2 Å². The minimum atomic E-state index is 0.324. The number of para-hydroxylation sites is 2. The molecule has 0 aliphatic rings. The average Bonchev–Trinajstić information content (AvgIpc) is 3.17. The smallest absolute Gasteiger partial charge is 0.220 e. The van der Waals surface area contributed by atoms with Crippen LogP contribution in [0.15, 0.2) is 58.8 Å². The SMILES string of the molecule is Cc1nn(-c2ccccc2Cl)c(Cl)c1CN=Nc1nc2ccccc2s1. The number of hydrogen-bond donors (Lipinski definition) is 0. The molecule has 2 heterocycles. The quantitative estimate of drug-likeness (QED) is 0.372. The van der Waals surface area contributed by atoms with Gasteiger partial charge in [0.25, 0.3) is 0 Å². The summed E-state index contributed by atoms with van der Waals surface area (Å²) in [4.78, 5) is 4.44. The Kier molecular flexibility index (Phi) is 4.72. The Bertz CT molecular complexity index is 1080. The van der Waals surface area contributed by atoms with Crippen LogP contribution in [0.1, 0.15) is 11.3 Å². The maximum atomic E-state index is 6.51. The number of rotatable bonds is 4. The van der Waals surface area contributed by atoms with Crippen molar-refractivity contribution in [3.63, 3.8) is 0 Å². The van der Waals surface area contributed by atoms with Crippen LogP contribution in [0.25, 0.3) is 15.9 Å². The van der Waals surface area contributed by atoms with Crippen LogP contribution in [0.5, 0.6) is 0 Å². The largest absolute Gasteiger partial charge is 0.230 e. The Hall–Kier alpha value is -2.28. The van der Waals surface area contributed by atoms with Crippen LogP contribution in [0.2, 0.25) is 10.2 Å². The second kappa shape index (κ2) is 7.15. The van der Waals surface area contributed by atoms with Crippen LogP contribution < -0.4 is 0 Å². The van der Waals surface area contributed by atoms with E-state index in [1.165, 1.54) is 11.3 Å². The number of aromatic nitrogens is 3. The topological polar surface area (TPSA) is 55.4 Å². The molecule has 0 fully saturated rings. The van der Waals surface area contributed by atoms with Crippen molar-refractivity contribution in [2.24, 2.45) is 10.2 Å². The van der Waals surface area contributed by atoms with Gasteiger partial charge in [0.2, 0.25) is 5.13 Å². The van der Waals surface area contributed by atoms with Crippen molar-refractivity contribution in [3.8, 4) is 5.69 Å². The number of azo groups is 1. The molecule has 0 spiro atoms. The number of aryl methyl sites for hydroxylation is 1. The zero-order valence-corrected chi connectivity index (χ0v) is 16.1. The third kappa shape index (κ3) is 3.23. The third-order valence-electron chi connectivity index (χ3n) is 3.87. The van der Waals surface area contributed by atoms with Gasteiger partial charge in [0, 0.05) is 5.56 Å². The van der Waals surface area contributed by atoms with Gasteiger partial charge in [-0.1, -0.05) is 58.8 Å². The summed E-state index contributed by atoms with van der Waals surface area (Å²) in [6.07, 6.45) is 0. The van der Waals surface area contributed by atoms with Crippen molar-refractivity contribution in [3.05, 3.63) is 70.0 Å². The third-order valence-corrected chi connectivity index (χ3v) is 5.50. The molecule has 4 rings (SSSR count). The monoisotopic (exact) mass is 401 g/mol. The van der Waals surface area contributed by atoms with E-state index in [0.29, 0.717) is 21.9 Å². The van der Waals surface area contributed by atoms with Gasteiger partial charge in [-0.15, -0.1) is 5.11 Å². The highest BCUT2D eigenvalue weighted by atomic mass is 35.5. The standard InChI is InChI=1S/C18H13Cl2N5S/c1-11-12(17(20)25(24-11)15-8-4-2-6-13(15)19)10-21-23-18-22-14-7-3-5-9-16(14)26-18/h2-9H,10H2,1H3. The molecule has 0 atom stereocenters. The molecule has 2 aromatic carbocycles. The second-order valence-electron chi connectivity index (χ2n) is 5.58. The van der Waals surface area contributed by atoms with Gasteiger partial charge in [-0.2, -0.15) is 10.2 Å². The van der Waals surface area contributed by atoms with E-state index < -0.39 is 0 Å². The highest BCUT2D eigenvalue weighted by Crippen LogP contribution is 2.30. The fraction of sp³-hybridized carbons (Fsp3) is 0.111. The normalized spacial score (nSPS) is 11.7. The van der Waals surface area contributed by atoms with Crippen molar-refractivity contribution >= 4 is 49.9 Å². The Morgan fingerprint density at radius 1 is 1.08 bits per heavy atom. The number of halogens is 2. The molecule has 0 aliphatic heterocycles. The molecule has 0 amide bonds. The predicted molar refractivity (Wildman–Crippen MR) is 106 cm³/mol. The van der Waals surface area contributed by atoms with Crippen LogP contribution in [-0.4, -0.2) is 14.8 Å². The summed E-state index contributed by atoms with van der Waals surface area (Å²) in [5.41, 5.74) is 3.26.